The lowest BCUT2D eigenvalue weighted by molar-refractivity contribution is -0.123. The van der Waals surface area contributed by atoms with E-state index in [0.29, 0.717) is 6.42 Å². The molecule has 0 heterocycles. The van der Waals surface area contributed by atoms with Crippen LogP contribution < -0.4 is 5.32 Å². The van der Waals surface area contributed by atoms with Gasteiger partial charge in [-0.15, -0.1) is 0 Å². The molecule has 4 nitrogen and oxygen atoms in total. The summed E-state index contributed by atoms with van der Waals surface area (Å²) in [6, 6.07) is -0.645. The summed E-state index contributed by atoms with van der Waals surface area (Å²) in [5, 5.41) is 23.1. The Labute approximate surface area is 369 Å². The molecule has 0 aromatic carbocycles. The molecule has 0 aromatic rings. The highest BCUT2D eigenvalue weighted by atomic mass is 16.3. The smallest absolute Gasteiger partial charge is 0.220 e. The van der Waals surface area contributed by atoms with E-state index in [1.807, 2.05) is 6.08 Å². The zero-order valence-electron chi connectivity index (χ0n) is 39.8. The Balaban J connectivity index is 3.53. The first kappa shape index (κ1) is 57.3. The zero-order valence-corrected chi connectivity index (χ0v) is 39.8. The van der Waals surface area contributed by atoms with Gasteiger partial charge in [-0.2, -0.15) is 0 Å². The summed E-state index contributed by atoms with van der Waals surface area (Å²) in [6.45, 7) is 4.29. The Morgan fingerprint density at radius 2 is 0.712 bits per heavy atom. The van der Waals surface area contributed by atoms with E-state index in [1.54, 1.807) is 6.08 Å². The third-order valence-corrected chi connectivity index (χ3v) is 12.0. The number of allylic oxidation sites excluding steroid dienone is 7. The maximum Gasteiger partial charge on any atom is 0.220 e. The van der Waals surface area contributed by atoms with Gasteiger partial charge in [0.25, 0.3) is 0 Å². The molecule has 4 heteroatoms. The molecule has 346 valence electrons. The molecule has 0 saturated carbocycles. The number of hydrogen-bond donors (Lipinski definition) is 3. The van der Waals surface area contributed by atoms with E-state index in [4.69, 9.17) is 0 Å². The second kappa shape index (κ2) is 50.7. The predicted octanol–water partition coefficient (Wildman–Crippen LogP) is 17.1. The monoisotopic (exact) mass is 826 g/mol. The largest absolute Gasteiger partial charge is 0.394 e. The molecular weight excluding hydrogens is 723 g/mol. The Morgan fingerprint density at radius 3 is 1.12 bits per heavy atom. The van der Waals surface area contributed by atoms with E-state index in [0.717, 1.165) is 44.9 Å². The fourth-order valence-electron chi connectivity index (χ4n) is 7.99. The second-order valence-corrected chi connectivity index (χ2v) is 17.9. The van der Waals surface area contributed by atoms with Crippen molar-refractivity contribution in [2.24, 2.45) is 0 Å². The van der Waals surface area contributed by atoms with Gasteiger partial charge in [0.1, 0.15) is 0 Å². The molecule has 0 saturated heterocycles. The first-order valence-corrected chi connectivity index (χ1v) is 26.4. The quantitative estimate of drug-likeness (QED) is 0.0423. The maximum atomic E-state index is 12.4. The summed E-state index contributed by atoms with van der Waals surface area (Å²) >= 11 is 0. The van der Waals surface area contributed by atoms with Crippen LogP contribution >= 0.6 is 0 Å². The van der Waals surface area contributed by atoms with Crippen LogP contribution in [-0.2, 0) is 4.79 Å². The van der Waals surface area contributed by atoms with Crippen molar-refractivity contribution in [3.8, 4) is 0 Å². The topological polar surface area (TPSA) is 69.6 Å². The van der Waals surface area contributed by atoms with Crippen molar-refractivity contribution in [1.82, 2.24) is 5.32 Å². The van der Waals surface area contributed by atoms with Crippen LogP contribution in [-0.4, -0.2) is 34.9 Å². The molecule has 0 spiro atoms. The summed E-state index contributed by atoms with van der Waals surface area (Å²) in [5.41, 5.74) is 0. The van der Waals surface area contributed by atoms with Crippen LogP contribution in [0.5, 0.6) is 0 Å². The molecule has 0 aromatic heterocycles. The van der Waals surface area contributed by atoms with Crippen molar-refractivity contribution in [2.45, 2.75) is 289 Å². The highest BCUT2D eigenvalue weighted by Gasteiger charge is 2.17. The number of nitrogens with one attached hydrogen (secondary N) is 1. The third kappa shape index (κ3) is 47.3. The molecule has 0 radical (unpaired) electrons. The van der Waals surface area contributed by atoms with Crippen molar-refractivity contribution < 1.29 is 15.0 Å². The molecule has 0 bridgehead atoms. The average molecular weight is 826 g/mol. The molecule has 1 amide bonds. The molecule has 0 aliphatic carbocycles. The standard InChI is InChI=1S/C55H103NO3/c1-3-5-7-9-11-13-15-17-19-21-22-23-24-25-26-27-28-29-30-31-32-33-35-36-38-40-42-44-46-48-50-54(58)53(52-57)56-55(59)51-49-47-45-43-41-39-37-34-20-18-16-14-12-10-8-6-4-2/h12,14,18,20,40,42,48,50,53-54,57-58H,3-11,13,15-17,19,21-39,41,43-47,49,51-52H2,1-2H3,(H,56,59)/b14-12-,20-18-,42-40+,50-48+. The van der Waals surface area contributed by atoms with Gasteiger partial charge in [0, 0.05) is 6.42 Å². The van der Waals surface area contributed by atoms with Crippen molar-refractivity contribution in [3.63, 3.8) is 0 Å². The fourth-order valence-corrected chi connectivity index (χ4v) is 7.99. The van der Waals surface area contributed by atoms with Crippen molar-refractivity contribution in [2.75, 3.05) is 6.61 Å². The van der Waals surface area contributed by atoms with Crippen molar-refractivity contribution in [1.29, 1.82) is 0 Å². The van der Waals surface area contributed by atoms with E-state index in [-0.39, 0.29) is 12.5 Å². The molecule has 59 heavy (non-hydrogen) atoms. The maximum absolute atomic E-state index is 12.4. The first-order chi connectivity index (χ1) is 29.2. The minimum absolute atomic E-state index is 0.0808. The zero-order chi connectivity index (χ0) is 42.8. The molecule has 0 rings (SSSR count). The van der Waals surface area contributed by atoms with Crippen LogP contribution in [0.25, 0.3) is 0 Å². The van der Waals surface area contributed by atoms with Gasteiger partial charge in [-0.3, -0.25) is 4.79 Å². The van der Waals surface area contributed by atoms with Crippen molar-refractivity contribution in [3.05, 3.63) is 48.6 Å². The number of rotatable bonds is 48. The van der Waals surface area contributed by atoms with Gasteiger partial charge >= 0.3 is 0 Å². The Kier molecular flexibility index (Phi) is 49.3. The summed E-state index contributed by atoms with van der Waals surface area (Å²) in [4.78, 5) is 12.4. The van der Waals surface area contributed by atoms with Crippen LogP contribution in [0, 0.1) is 0 Å². The van der Waals surface area contributed by atoms with Gasteiger partial charge in [-0.1, -0.05) is 255 Å². The number of carbonyl (C=O) groups excluding carboxylic acids is 1. The second-order valence-electron chi connectivity index (χ2n) is 17.9. The average Bonchev–Trinajstić information content (AvgIpc) is 3.24. The summed E-state index contributed by atoms with van der Waals surface area (Å²) in [6.07, 6.45) is 69.8. The number of amides is 1. The van der Waals surface area contributed by atoms with Gasteiger partial charge in [0.05, 0.1) is 18.8 Å². The Morgan fingerprint density at radius 1 is 0.407 bits per heavy atom. The van der Waals surface area contributed by atoms with Crippen molar-refractivity contribution >= 4 is 5.91 Å². The van der Waals surface area contributed by atoms with Crippen LogP contribution in [0.1, 0.15) is 277 Å². The van der Waals surface area contributed by atoms with Crippen LogP contribution in [0.3, 0.4) is 0 Å². The lowest BCUT2D eigenvalue weighted by atomic mass is 10.0. The van der Waals surface area contributed by atoms with Crippen LogP contribution in [0.15, 0.2) is 48.6 Å². The molecular formula is C55H103NO3. The molecule has 0 aliphatic rings. The van der Waals surface area contributed by atoms with Gasteiger partial charge < -0.3 is 15.5 Å². The van der Waals surface area contributed by atoms with E-state index in [1.165, 1.54) is 212 Å². The van der Waals surface area contributed by atoms with Gasteiger partial charge in [-0.05, 0) is 64.2 Å². The summed E-state index contributed by atoms with van der Waals surface area (Å²) in [7, 11) is 0. The van der Waals surface area contributed by atoms with Gasteiger partial charge in [0.15, 0.2) is 0 Å². The predicted molar refractivity (Wildman–Crippen MR) is 262 cm³/mol. The summed E-state index contributed by atoms with van der Waals surface area (Å²) in [5.74, 6) is -0.0808. The number of carbonyl (C=O) groups is 1. The number of aliphatic hydroxyl groups is 2. The number of aliphatic hydroxyl groups excluding tert-OH is 2. The fraction of sp³-hybridized carbons (Fsp3) is 0.836. The van der Waals surface area contributed by atoms with Crippen LogP contribution in [0.2, 0.25) is 0 Å². The SMILES string of the molecule is CCCCC/C=C\C/C=C\CCCCCCCCCC(=O)NC(CO)C(O)/C=C/CC/C=C/CCCCCCCCCCCCCCCCCCCCCCCCCC. The molecule has 2 atom stereocenters. The van der Waals surface area contributed by atoms with E-state index in [9.17, 15) is 15.0 Å². The van der Waals surface area contributed by atoms with Gasteiger partial charge in [0.2, 0.25) is 5.91 Å². The molecule has 2 unspecified atom stereocenters. The van der Waals surface area contributed by atoms with E-state index >= 15 is 0 Å². The number of unbranched alkanes of at least 4 members (excludes halogenated alkanes) is 35. The highest BCUT2D eigenvalue weighted by Crippen LogP contribution is 2.16. The van der Waals surface area contributed by atoms with Gasteiger partial charge in [-0.25, -0.2) is 0 Å². The normalized spacial score (nSPS) is 13.2. The molecule has 0 aliphatic heterocycles. The first-order valence-electron chi connectivity index (χ1n) is 26.4. The van der Waals surface area contributed by atoms with Crippen LogP contribution in [0.4, 0.5) is 0 Å². The Hall–Kier alpha value is -1.65. The molecule has 0 fully saturated rings. The number of hydrogen-bond acceptors (Lipinski definition) is 3. The van der Waals surface area contributed by atoms with E-state index < -0.39 is 12.1 Å². The lowest BCUT2D eigenvalue weighted by Crippen LogP contribution is -2.45. The minimum Gasteiger partial charge on any atom is -0.394 e. The Bertz CT molecular complexity index is 939. The highest BCUT2D eigenvalue weighted by molar-refractivity contribution is 5.76. The van der Waals surface area contributed by atoms with E-state index in [2.05, 4.69) is 55.6 Å². The minimum atomic E-state index is -0.867. The lowest BCUT2D eigenvalue weighted by Gasteiger charge is -2.19. The third-order valence-electron chi connectivity index (χ3n) is 12.0. The molecule has 3 N–H and O–H groups in total. The summed E-state index contributed by atoms with van der Waals surface area (Å²) < 4.78 is 0.